The second-order valence-electron chi connectivity index (χ2n) is 5.21. The van der Waals surface area contributed by atoms with E-state index in [4.69, 9.17) is 0 Å². The molecule has 1 atom stereocenters. The van der Waals surface area contributed by atoms with E-state index in [1.54, 1.807) is 0 Å². The average molecular weight is 265 g/mol. The van der Waals surface area contributed by atoms with Crippen LogP contribution < -0.4 is 15.1 Å². The Morgan fingerprint density at radius 3 is 2.53 bits per heavy atom. The van der Waals surface area contributed by atoms with Gasteiger partial charge in [0.1, 0.15) is 0 Å². The molecule has 1 saturated heterocycles. The maximum atomic E-state index is 4.55. The lowest BCUT2D eigenvalue weighted by Crippen LogP contribution is -2.51. The van der Waals surface area contributed by atoms with Gasteiger partial charge in [-0.2, -0.15) is 15.0 Å². The van der Waals surface area contributed by atoms with Gasteiger partial charge in [0.15, 0.2) is 0 Å². The molecule has 7 nitrogen and oxygen atoms in total. The molecule has 1 aromatic heterocycles. The van der Waals surface area contributed by atoms with E-state index in [9.17, 15) is 0 Å². The molecule has 2 rings (SSSR count). The van der Waals surface area contributed by atoms with Crippen LogP contribution in [-0.2, 0) is 0 Å². The first-order valence-corrected chi connectivity index (χ1v) is 6.57. The number of anilines is 3. The molecule has 0 amide bonds. The Balaban J connectivity index is 2.30. The highest BCUT2D eigenvalue weighted by Crippen LogP contribution is 2.19. The van der Waals surface area contributed by atoms with Gasteiger partial charge in [0, 0.05) is 46.8 Å². The lowest BCUT2D eigenvalue weighted by Gasteiger charge is -2.38. The summed E-state index contributed by atoms with van der Waals surface area (Å²) < 4.78 is 0. The van der Waals surface area contributed by atoms with Gasteiger partial charge in [0.05, 0.1) is 0 Å². The van der Waals surface area contributed by atoms with Crippen molar-refractivity contribution in [3.05, 3.63) is 0 Å². The van der Waals surface area contributed by atoms with Crippen LogP contribution in [0, 0.1) is 0 Å². The van der Waals surface area contributed by atoms with Gasteiger partial charge in [-0.25, -0.2) is 0 Å². The zero-order chi connectivity index (χ0) is 14.0. The van der Waals surface area contributed by atoms with E-state index in [0.29, 0.717) is 17.9 Å². The molecule has 0 radical (unpaired) electrons. The fourth-order valence-electron chi connectivity index (χ4n) is 2.23. The zero-order valence-corrected chi connectivity index (χ0v) is 12.4. The molecule has 1 fully saturated rings. The van der Waals surface area contributed by atoms with Crippen molar-refractivity contribution in [2.75, 3.05) is 62.9 Å². The van der Waals surface area contributed by atoms with Crippen LogP contribution in [0.4, 0.5) is 17.8 Å². The number of hydrogen-bond acceptors (Lipinski definition) is 7. The highest BCUT2D eigenvalue weighted by Gasteiger charge is 2.24. The van der Waals surface area contributed by atoms with Crippen LogP contribution in [0.15, 0.2) is 0 Å². The van der Waals surface area contributed by atoms with Crippen molar-refractivity contribution in [3.63, 3.8) is 0 Å². The number of likely N-dealkylation sites (N-methyl/N-ethyl adjacent to an activating group) is 1. The Morgan fingerprint density at radius 2 is 1.95 bits per heavy atom. The molecule has 1 N–H and O–H groups in total. The molecule has 1 unspecified atom stereocenters. The molecule has 1 aliphatic rings. The topological polar surface area (TPSA) is 60.4 Å². The van der Waals surface area contributed by atoms with Crippen molar-refractivity contribution < 1.29 is 0 Å². The van der Waals surface area contributed by atoms with Crippen LogP contribution in [0.1, 0.15) is 6.92 Å². The SMILES string of the molecule is CNc1nc(N(C)C)nc(N2CCN(C)CC2C)n1. The minimum atomic E-state index is 0.404. The van der Waals surface area contributed by atoms with Crippen LogP contribution in [0.2, 0.25) is 0 Å². The first kappa shape index (κ1) is 13.8. The molecular weight excluding hydrogens is 242 g/mol. The van der Waals surface area contributed by atoms with Crippen molar-refractivity contribution in [2.45, 2.75) is 13.0 Å². The Hall–Kier alpha value is -1.63. The second-order valence-corrected chi connectivity index (χ2v) is 5.21. The summed E-state index contributed by atoms with van der Waals surface area (Å²) in [6.07, 6.45) is 0. The summed E-state index contributed by atoms with van der Waals surface area (Å²) in [6, 6.07) is 0.404. The number of piperazine rings is 1. The van der Waals surface area contributed by atoms with E-state index >= 15 is 0 Å². The van der Waals surface area contributed by atoms with Crippen molar-refractivity contribution in [2.24, 2.45) is 0 Å². The third-order valence-electron chi connectivity index (χ3n) is 3.32. The zero-order valence-electron chi connectivity index (χ0n) is 12.4. The summed E-state index contributed by atoms with van der Waals surface area (Å²) in [7, 11) is 7.84. The largest absolute Gasteiger partial charge is 0.357 e. The predicted molar refractivity (Wildman–Crippen MR) is 78.0 cm³/mol. The molecule has 0 bridgehead atoms. The van der Waals surface area contributed by atoms with E-state index < -0.39 is 0 Å². The molecule has 19 heavy (non-hydrogen) atoms. The summed E-state index contributed by atoms with van der Waals surface area (Å²) in [5, 5.41) is 3.00. The highest BCUT2D eigenvalue weighted by molar-refractivity contribution is 5.45. The van der Waals surface area contributed by atoms with Crippen LogP contribution in [0.5, 0.6) is 0 Å². The second kappa shape index (κ2) is 5.56. The average Bonchev–Trinajstić information content (AvgIpc) is 2.38. The molecule has 106 valence electrons. The van der Waals surface area contributed by atoms with Crippen LogP contribution >= 0.6 is 0 Å². The Morgan fingerprint density at radius 1 is 1.21 bits per heavy atom. The van der Waals surface area contributed by atoms with Crippen molar-refractivity contribution >= 4 is 17.8 Å². The van der Waals surface area contributed by atoms with Crippen LogP contribution in [-0.4, -0.2) is 73.7 Å². The van der Waals surface area contributed by atoms with E-state index in [0.717, 1.165) is 25.6 Å². The normalized spacial score (nSPS) is 20.5. The standard InChI is InChI=1S/C12H23N7/c1-9-8-18(5)6-7-19(9)12-15-10(13-2)14-11(16-12)17(3)4/h9H,6-8H2,1-5H3,(H,13,14,15,16). The molecule has 0 saturated carbocycles. The van der Waals surface area contributed by atoms with Crippen LogP contribution in [0.25, 0.3) is 0 Å². The molecule has 0 aromatic carbocycles. The Bertz CT molecular complexity index is 434. The van der Waals surface area contributed by atoms with Gasteiger partial charge in [0.25, 0.3) is 0 Å². The van der Waals surface area contributed by atoms with Gasteiger partial charge in [0.2, 0.25) is 17.8 Å². The highest BCUT2D eigenvalue weighted by atomic mass is 15.4. The van der Waals surface area contributed by atoms with Gasteiger partial charge in [-0.3, -0.25) is 0 Å². The van der Waals surface area contributed by atoms with Gasteiger partial charge < -0.3 is 20.0 Å². The lowest BCUT2D eigenvalue weighted by atomic mass is 10.2. The first-order valence-electron chi connectivity index (χ1n) is 6.57. The van der Waals surface area contributed by atoms with Crippen molar-refractivity contribution in [3.8, 4) is 0 Å². The fourth-order valence-corrected chi connectivity index (χ4v) is 2.23. The monoisotopic (exact) mass is 265 g/mol. The molecule has 0 aliphatic carbocycles. The van der Waals surface area contributed by atoms with Gasteiger partial charge in [-0.05, 0) is 14.0 Å². The Labute approximate surface area is 114 Å². The smallest absolute Gasteiger partial charge is 0.232 e. The molecule has 0 spiro atoms. The summed E-state index contributed by atoms with van der Waals surface area (Å²) in [5.74, 6) is 2.05. The van der Waals surface area contributed by atoms with Gasteiger partial charge >= 0.3 is 0 Å². The maximum absolute atomic E-state index is 4.55. The number of rotatable bonds is 3. The predicted octanol–water partition coefficient (Wildman–Crippen LogP) is 0.120. The van der Waals surface area contributed by atoms with Crippen LogP contribution in [0.3, 0.4) is 0 Å². The van der Waals surface area contributed by atoms with E-state index in [-0.39, 0.29) is 0 Å². The van der Waals surface area contributed by atoms with E-state index in [2.05, 4.69) is 44.0 Å². The van der Waals surface area contributed by atoms with E-state index in [1.807, 2.05) is 26.0 Å². The third kappa shape index (κ3) is 3.04. The summed E-state index contributed by atoms with van der Waals surface area (Å²) in [4.78, 5) is 19.8. The molecule has 1 aliphatic heterocycles. The number of nitrogens with one attached hydrogen (secondary N) is 1. The minimum Gasteiger partial charge on any atom is -0.357 e. The minimum absolute atomic E-state index is 0.404. The number of nitrogens with zero attached hydrogens (tertiary/aromatic N) is 6. The first-order chi connectivity index (χ1) is 9.01. The van der Waals surface area contributed by atoms with Crippen molar-refractivity contribution in [1.82, 2.24) is 19.9 Å². The van der Waals surface area contributed by atoms with E-state index in [1.165, 1.54) is 0 Å². The summed E-state index contributed by atoms with van der Waals surface area (Å²) in [6.45, 7) is 5.20. The molecule has 7 heteroatoms. The van der Waals surface area contributed by atoms with Gasteiger partial charge in [-0.1, -0.05) is 0 Å². The Kier molecular flexibility index (Phi) is 4.04. The molecular formula is C12H23N7. The summed E-state index contributed by atoms with van der Waals surface area (Å²) in [5.41, 5.74) is 0. The number of aromatic nitrogens is 3. The van der Waals surface area contributed by atoms with Gasteiger partial charge in [-0.15, -0.1) is 0 Å². The third-order valence-corrected chi connectivity index (χ3v) is 3.32. The quantitative estimate of drug-likeness (QED) is 0.833. The van der Waals surface area contributed by atoms with Crippen molar-refractivity contribution in [1.29, 1.82) is 0 Å². The summed E-state index contributed by atoms with van der Waals surface area (Å²) >= 11 is 0. The maximum Gasteiger partial charge on any atom is 0.232 e. The number of hydrogen-bond donors (Lipinski definition) is 1. The fraction of sp³-hybridized carbons (Fsp3) is 0.750. The molecule has 1 aromatic rings. The molecule has 2 heterocycles. The lowest BCUT2D eigenvalue weighted by molar-refractivity contribution is 0.273.